The van der Waals surface area contributed by atoms with E-state index in [1.165, 1.54) is 16.7 Å². The van der Waals surface area contributed by atoms with E-state index in [9.17, 15) is 0 Å². The Kier molecular flexibility index (Phi) is 4.00. The number of methoxy groups -OCH3 is 1. The van der Waals surface area contributed by atoms with Crippen molar-refractivity contribution in [2.24, 2.45) is 0 Å². The first-order valence-corrected chi connectivity index (χ1v) is 9.51. The largest absolute Gasteiger partial charge is 0.497 e. The summed E-state index contributed by atoms with van der Waals surface area (Å²) in [6, 6.07) is 28.0. The van der Waals surface area contributed by atoms with Crippen LogP contribution in [0.2, 0.25) is 0 Å². The van der Waals surface area contributed by atoms with Gasteiger partial charge in [-0.15, -0.1) is 0 Å². The summed E-state index contributed by atoms with van der Waals surface area (Å²) in [5, 5.41) is 2.19. The summed E-state index contributed by atoms with van der Waals surface area (Å²) in [6.45, 7) is 0.797. The predicted molar refractivity (Wildman–Crippen MR) is 105 cm³/mol. The molecule has 1 fully saturated rings. The van der Waals surface area contributed by atoms with Crippen LogP contribution in [0.5, 0.6) is 5.75 Å². The fourth-order valence-corrected chi connectivity index (χ4v) is 4.55. The average molecular weight is 357 g/mol. The van der Waals surface area contributed by atoms with Gasteiger partial charge in [-0.1, -0.05) is 66.7 Å². The number of hydroxylamine groups is 2. The minimum atomic E-state index is -0.442. The standard InChI is InChI=1S/C24H23NO2/c1-26-22-12-7-11-20(15-22)24-16-21(14-19-10-5-6-13-23(19)24)25(27-24)17-18-8-3-2-4-9-18/h2-13,15,21H,14,16-17H2,1H3/t21-,24+/m1/s1. The summed E-state index contributed by atoms with van der Waals surface area (Å²) in [6.07, 6.45) is 1.98. The number of hydrogen-bond donors (Lipinski definition) is 0. The molecular formula is C24H23NO2. The van der Waals surface area contributed by atoms with Gasteiger partial charge < -0.3 is 4.74 Å². The summed E-state index contributed by atoms with van der Waals surface area (Å²) in [7, 11) is 1.71. The molecule has 0 aromatic heterocycles. The second-order valence-electron chi connectivity index (χ2n) is 7.43. The molecule has 2 bridgehead atoms. The van der Waals surface area contributed by atoms with Gasteiger partial charge in [0.2, 0.25) is 0 Å². The molecule has 1 heterocycles. The lowest BCUT2D eigenvalue weighted by Crippen LogP contribution is -2.32. The van der Waals surface area contributed by atoms with Gasteiger partial charge in [0.05, 0.1) is 7.11 Å². The third-order valence-electron chi connectivity index (χ3n) is 5.83. The highest BCUT2D eigenvalue weighted by atomic mass is 16.7. The summed E-state index contributed by atoms with van der Waals surface area (Å²) in [5.41, 5.74) is 4.66. The molecule has 0 N–H and O–H groups in total. The molecule has 3 aromatic carbocycles. The van der Waals surface area contributed by atoms with Gasteiger partial charge >= 0.3 is 0 Å². The molecule has 0 saturated carbocycles. The van der Waals surface area contributed by atoms with Crippen LogP contribution in [0.15, 0.2) is 78.9 Å². The number of benzene rings is 3. The van der Waals surface area contributed by atoms with E-state index in [-0.39, 0.29) is 0 Å². The molecule has 2 atom stereocenters. The number of rotatable bonds is 4. The Hall–Kier alpha value is -2.62. The molecule has 0 radical (unpaired) electrons. The Balaban J connectivity index is 1.59. The van der Waals surface area contributed by atoms with Crippen molar-refractivity contribution in [2.75, 3.05) is 7.11 Å². The summed E-state index contributed by atoms with van der Waals surface area (Å²) in [4.78, 5) is 6.77. The van der Waals surface area contributed by atoms with Gasteiger partial charge in [0.25, 0.3) is 0 Å². The van der Waals surface area contributed by atoms with Crippen LogP contribution in [0.4, 0.5) is 0 Å². The third-order valence-corrected chi connectivity index (χ3v) is 5.83. The number of nitrogens with zero attached hydrogens (tertiary/aromatic N) is 1. The monoisotopic (exact) mass is 357 g/mol. The highest BCUT2D eigenvalue weighted by Gasteiger charge is 2.52. The third kappa shape index (κ3) is 2.75. The molecule has 1 aliphatic heterocycles. The summed E-state index contributed by atoms with van der Waals surface area (Å²) >= 11 is 0. The van der Waals surface area contributed by atoms with Crippen molar-refractivity contribution < 1.29 is 9.57 Å². The topological polar surface area (TPSA) is 21.7 Å². The van der Waals surface area contributed by atoms with Crippen LogP contribution in [0.3, 0.4) is 0 Å². The van der Waals surface area contributed by atoms with Crippen LogP contribution in [0.25, 0.3) is 0 Å². The number of ether oxygens (including phenoxy) is 1. The Bertz CT molecular complexity index is 955. The lowest BCUT2D eigenvalue weighted by atomic mass is 9.74. The van der Waals surface area contributed by atoms with Gasteiger partial charge in [-0.3, -0.25) is 4.84 Å². The first-order chi connectivity index (χ1) is 13.3. The van der Waals surface area contributed by atoms with Crippen molar-refractivity contribution in [3.8, 4) is 5.75 Å². The van der Waals surface area contributed by atoms with Crippen LogP contribution in [0, 0.1) is 0 Å². The van der Waals surface area contributed by atoms with E-state index >= 15 is 0 Å². The molecule has 1 saturated heterocycles. The van der Waals surface area contributed by atoms with Crippen LogP contribution in [0.1, 0.15) is 28.7 Å². The van der Waals surface area contributed by atoms with E-state index in [0.717, 1.165) is 30.7 Å². The maximum absolute atomic E-state index is 6.77. The first kappa shape index (κ1) is 16.5. The van der Waals surface area contributed by atoms with E-state index in [2.05, 4.69) is 77.9 Å². The SMILES string of the molecule is COc1cccc([C@@]23C[C@@H](Cc4ccccc42)N(Cc2ccccc2)O3)c1. The van der Waals surface area contributed by atoms with E-state index in [0.29, 0.717) is 6.04 Å². The first-order valence-electron chi connectivity index (χ1n) is 9.51. The quantitative estimate of drug-likeness (QED) is 0.675. The minimum absolute atomic E-state index is 0.367. The van der Waals surface area contributed by atoms with Crippen LogP contribution in [-0.4, -0.2) is 18.2 Å². The van der Waals surface area contributed by atoms with E-state index in [1.807, 2.05) is 6.07 Å². The molecular weight excluding hydrogens is 334 g/mol. The normalized spacial score (nSPS) is 23.8. The fourth-order valence-electron chi connectivity index (χ4n) is 4.55. The Morgan fingerprint density at radius 2 is 1.81 bits per heavy atom. The molecule has 0 unspecified atom stereocenters. The van der Waals surface area contributed by atoms with Crippen LogP contribution < -0.4 is 4.74 Å². The molecule has 136 valence electrons. The highest BCUT2D eigenvalue weighted by molar-refractivity contribution is 5.47. The van der Waals surface area contributed by atoms with Gasteiger partial charge in [-0.2, -0.15) is 5.06 Å². The molecule has 27 heavy (non-hydrogen) atoms. The van der Waals surface area contributed by atoms with Crippen molar-refractivity contribution >= 4 is 0 Å². The van der Waals surface area contributed by atoms with Gasteiger partial charge in [0, 0.05) is 19.0 Å². The zero-order valence-corrected chi connectivity index (χ0v) is 15.5. The number of hydrogen-bond acceptors (Lipinski definition) is 3. The van der Waals surface area contributed by atoms with Gasteiger partial charge in [0.1, 0.15) is 11.4 Å². The van der Waals surface area contributed by atoms with Crippen molar-refractivity contribution in [3.05, 3.63) is 101 Å². The lowest BCUT2D eigenvalue weighted by Gasteiger charge is -2.33. The van der Waals surface area contributed by atoms with Crippen molar-refractivity contribution in [3.63, 3.8) is 0 Å². The average Bonchev–Trinajstić information content (AvgIpc) is 3.02. The molecule has 3 aromatic rings. The van der Waals surface area contributed by atoms with Crippen LogP contribution in [-0.2, 0) is 23.4 Å². The van der Waals surface area contributed by atoms with Crippen LogP contribution >= 0.6 is 0 Å². The summed E-state index contributed by atoms with van der Waals surface area (Å²) < 4.78 is 5.49. The maximum Gasteiger partial charge on any atom is 0.142 e. The maximum atomic E-state index is 6.77. The molecule has 5 rings (SSSR count). The molecule has 2 aliphatic rings. The zero-order valence-electron chi connectivity index (χ0n) is 15.5. The van der Waals surface area contributed by atoms with E-state index in [1.54, 1.807) is 7.11 Å². The number of fused-ring (bicyclic) bond motifs is 4. The highest BCUT2D eigenvalue weighted by Crippen LogP contribution is 2.51. The predicted octanol–water partition coefficient (Wildman–Crippen LogP) is 4.70. The van der Waals surface area contributed by atoms with Gasteiger partial charge in [-0.05, 0) is 40.8 Å². The van der Waals surface area contributed by atoms with E-state index in [4.69, 9.17) is 9.57 Å². The molecule has 3 nitrogen and oxygen atoms in total. The molecule has 3 heteroatoms. The minimum Gasteiger partial charge on any atom is -0.497 e. The summed E-state index contributed by atoms with van der Waals surface area (Å²) in [5.74, 6) is 0.867. The Morgan fingerprint density at radius 3 is 2.67 bits per heavy atom. The Labute approximate surface area is 160 Å². The van der Waals surface area contributed by atoms with Crippen molar-refractivity contribution in [1.82, 2.24) is 5.06 Å². The second kappa shape index (κ2) is 6.52. The van der Waals surface area contributed by atoms with Gasteiger partial charge in [0.15, 0.2) is 0 Å². The van der Waals surface area contributed by atoms with E-state index < -0.39 is 5.60 Å². The smallest absolute Gasteiger partial charge is 0.142 e. The molecule has 0 spiro atoms. The lowest BCUT2D eigenvalue weighted by molar-refractivity contribution is -0.197. The fraction of sp³-hybridized carbons (Fsp3) is 0.250. The van der Waals surface area contributed by atoms with Gasteiger partial charge in [-0.25, -0.2) is 0 Å². The Morgan fingerprint density at radius 1 is 1.00 bits per heavy atom. The second-order valence-corrected chi connectivity index (χ2v) is 7.43. The molecule has 0 amide bonds. The zero-order chi connectivity index (χ0) is 18.3. The molecule has 1 aliphatic carbocycles. The van der Waals surface area contributed by atoms with Crippen molar-refractivity contribution in [2.45, 2.75) is 31.0 Å². The van der Waals surface area contributed by atoms with Crippen molar-refractivity contribution in [1.29, 1.82) is 0 Å².